The number of nitrogens with one attached hydrogen (secondary N) is 2. The van der Waals surface area contributed by atoms with Crippen molar-refractivity contribution >= 4 is 45.8 Å². The van der Waals surface area contributed by atoms with Crippen molar-refractivity contribution in [2.75, 3.05) is 36.9 Å². The SMILES string of the molecule is Cc1cc(-c2cnc3c(NCC4CCCCO4)cc(-c4ccncc4)nn23)ccc1C(=O)CC1CC1.Cc1cc(-c2cnc3c(NCC4CCCCO4)cc(Cl)nn23)ccc1C(=O)CC1CC1. The molecule has 67 heavy (non-hydrogen) atoms. The zero-order chi connectivity index (χ0) is 45.9. The molecular weight excluding hydrogens is 862 g/mol. The van der Waals surface area contributed by atoms with Crippen LogP contribution >= 0.6 is 11.6 Å². The molecule has 0 bridgehead atoms. The van der Waals surface area contributed by atoms with Crippen molar-refractivity contribution in [1.82, 2.24) is 34.2 Å². The molecule has 2 atom stereocenters. The molecule has 0 radical (unpaired) electrons. The number of nitrogens with zero attached hydrogens (tertiary/aromatic N) is 7. The second-order valence-electron chi connectivity index (χ2n) is 18.8. The Labute approximate surface area is 396 Å². The average Bonchev–Trinajstić information content (AvgIpc) is 4.27. The maximum absolute atomic E-state index is 12.7. The highest BCUT2D eigenvalue weighted by Crippen LogP contribution is 2.36. The predicted molar refractivity (Wildman–Crippen MR) is 262 cm³/mol. The summed E-state index contributed by atoms with van der Waals surface area (Å²) in [6, 6.07) is 19.8. The zero-order valence-electron chi connectivity index (χ0n) is 38.3. The van der Waals surface area contributed by atoms with E-state index >= 15 is 0 Å². The number of anilines is 2. The van der Waals surface area contributed by atoms with Crippen LogP contribution in [0.15, 0.2) is 85.5 Å². The first-order chi connectivity index (χ1) is 32.7. The zero-order valence-corrected chi connectivity index (χ0v) is 39.1. The number of halogens is 1. The van der Waals surface area contributed by atoms with Gasteiger partial charge in [0, 0.05) is 85.4 Å². The number of fused-ring (bicyclic) bond motifs is 2. The first kappa shape index (κ1) is 44.8. The molecule has 13 nitrogen and oxygen atoms in total. The van der Waals surface area contributed by atoms with Crippen LogP contribution in [0.3, 0.4) is 0 Å². The second kappa shape index (κ2) is 20.1. The normalized spacial score (nSPS) is 18.4. The lowest BCUT2D eigenvalue weighted by Gasteiger charge is -2.23. The number of carbonyl (C=O) groups is 2. The fraction of sp³-hybridized carbons (Fsp3) is 0.415. The van der Waals surface area contributed by atoms with Gasteiger partial charge in [0.05, 0.1) is 53.1 Å². The lowest BCUT2D eigenvalue weighted by Crippen LogP contribution is -2.27. The average molecular weight is 921 g/mol. The number of hydrogen-bond donors (Lipinski definition) is 2. The molecule has 2 unspecified atom stereocenters. The molecule has 11 rings (SSSR count). The first-order valence-electron chi connectivity index (χ1n) is 24.1. The molecule has 2 N–H and O–H groups in total. The Morgan fingerprint density at radius 3 is 1.61 bits per heavy atom. The molecule has 346 valence electrons. The monoisotopic (exact) mass is 919 g/mol. The van der Waals surface area contributed by atoms with Crippen LogP contribution in [0.4, 0.5) is 11.4 Å². The van der Waals surface area contributed by atoms with Crippen molar-refractivity contribution in [3.8, 4) is 33.8 Å². The Balaban J connectivity index is 0.000000159. The Morgan fingerprint density at radius 2 is 1.13 bits per heavy atom. The number of ketones is 2. The molecule has 4 aliphatic rings. The lowest BCUT2D eigenvalue weighted by atomic mass is 9.98. The molecule has 14 heteroatoms. The third-order valence-corrected chi connectivity index (χ3v) is 13.6. The van der Waals surface area contributed by atoms with Gasteiger partial charge in [-0.1, -0.05) is 35.9 Å². The standard InChI is InChI=1S/C29H31N5O2.C24H27ClN4O2/c1-19-14-22(7-8-24(19)28(35)15-20-5-6-20)27-18-32-29-26(31-17-23-4-2-3-13-36-23)16-25(33-34(27)29)21-9-11-30-12-10-21;1-15-10-17(7-8-19(15)22(30)11-16-5-6-16)21-14-27-24-20(12-23(25)28-29(21)24)26-13-18-4-2-3-9-31-18/h7-12,14,16,18,20,23,31H,2-6,13,15,17H2,1H3;7-8,10,12,14,16,18,26H,2-6,9,11,13H2,1H3. The van der Waals surface area contributed by atoms with Crippen molar-refractivity contribution < 1.29 is 19.1 Å². The van der Waals surface area contributed by atoms with Crippen LogP contribution in [-0.2, 0) is 9.47 Å². The van der Waals surface area contributed by atoms with Gasteiger partial charge in [-0.05, 0) is 131 Å². The Bertz CT molecular complexity index is 2900. The summed E-state index contributed by atoms with van der Waals surface area (Å²) in [7, 11) is 0. The summed E-state index contributed by atoms with van der Waals surface area (Å²) < 4.78 is 15.4. The predicted octanol–water partition coefficient (Wildman–Crippen LogP) is 11.1. The van der Waals surface area contributed by atoms with Crippen LogP contribution in [-0.4, -0.2) is 84.3 Å². The summed E-state index contributed by atoms with van der Waals surface area (Å²) in [5.74, 6) is 1.65. The Kier molecular flexibility index (Phi) is 13.4. The molecule has 5 aromatic heterocycles. The van der Waals surface area contributed by atoms with Gasteiger partial charge < -0.3 is 20.1 Å². The van der Waals surface area contributed by atoms with E-state index in [1.165, 1.54) is 38.5 Å². The van der Waals surface area contributed by atoms with Crippen LogP contribution in [0.25, 0.3) is 45.1 Å². The van der Waals surface area contributed by atoms with Crippen LogP contribution in [0.2, 0.25) is 5.15 Å². The van der Waals surface area contributed by atoms with E-state index in [2.05, 4.69) is 37.8 Å². The van der Waals surface area contributed by atoms with Crippen LogP contribution in [0.5, 0.6) is 0 Å². The van der Waals surface area contributed by atoms with Crippen LogP contribution in [0, 0.1) is 25.7 Å². The van der Waals surface area contributed by atoms with Crippen molar-refractivity contribution in [1.29, 1.82) is 0 Å². The number of Topliss-reactive ketones (excluding diaryl/α,β-unsaturated/α-hetero) is 2. The minimum Gasteiger partial charge on any atom is -0.379 e. The van der Waals surface area contributed by atoms with Crippen LogP contribution < -0.4 is 10.6 Å². The largest absolute Gasteiger partial charge is 0.379 e. The Morgan fingerprint density at radius 1 is 0.627 bits per heavy atom. The third-order valence-electron chi connectivity index (χ3n) is 13.5. The minimum absolute atomic E-state index is 0.203. The van der Waals surface area contributed by atoms with Gasteiger partial charge in [-0.15, -0.1) is 0 Å². The molecule has 0 spiro atoms. The number of rotatable bonds is 15. The number of benzene rings is 2. The van der Waals surface area contributed by atoms with E-state index in [1.54, 1.807) is 29.2 Å². The molecule has 2 aliphatic carbocycles. The molecule has 4 fully saturated rings. The van der Waals surface area contributed by atoms with Gasteiger partial charge in [0.25, 0.3) is 0 Å². The number of aromatic nitrogens is 7. The maximum Gasteiger partial charge on any atom is 0.177 e. The van der Waals surface area contributed by atoms with Gasteiger partial charge in [0.2, 0.25) is 0 Å². The number of aryl methyl sites for hydroxylation is 2. The van der Waals surface area contributed by atoms with E-state index in [0.717, 1.165) is 131 Å². The first-order valence-corrected chi connectivity index (χ1v) is 24.4. The van der Waals surface area contributed by atoms with E-state index in [1.807, 2.05) is 67.0 Å². The third kappa shape index (κ3) is 10.6. The summed E-state index contributed by atoms with van der Waals surface area (Å²) >= 11 is 6.34. The number of ether oxygens (including phenoxy) is 2. The van der Waals surface area contributed by atoms with E-state index < -0.39 is 0 Å². The number of imidazole rings is 2. The molecule has 0 amide bonds. The number of hydrogen-bond acceptors (Lipinski definition) is 11. The van der Waals surface area contributed by atoms with Gasteiger partial charge in [0.15, 0.2) is 28.0 Å². The van der Waals surface area contributed by atoms with Crippen molar-refractivity contribution in [2.24, 2.45) is 11.8 Å². The molecular formula is C53H58ClN9O4. The fourth-order valence-corrected chi connectivity index (χ4v) is 9.45. The van der Waals surface area contributed by atoms with Gasteiger partial charge >= 0.3 is 0 Å². The summed E-state index contributed by atoms with van der Waals surface area (Å²) in [6.07, 6.45) is 20.5. The van der Waals surface area contributed by atoms with Crippen molar-refractivity contribution in [3.05, 3.63) is 113 Å². The van der Waals surface area contributed by atoms with E-state index in [0.29, 0.717) is 29.8 Å². The highest BCUT2D eigenvalue weighted by molar-refractivity contribution is 6.29. The minimum atomic E-state index is 0.203. The maximum atomic E-state index is 12.7. The Hall–Kier alpha value is -6.02. The van der Waals surface area contributed by atoms with Crippen molar-refractivity contribution in [2.45, 2.75) is 103 Å². The van der Waals surface area contributed by atoms with Gasteiger partial charge in [-0.3, -0.25) is 14.6 Å². The molecule has 7 aromatic rings. The van der Waals surface area contributed by atoms with Crippen LogP contribution in [0.1, 0.15) is 109 Å². The lowest BCUT2D eigenvalue weighted by molar-refractivity contribution is 0.0246. The highest BCUT2D eigenvalue weighted by atomic mass is 35.5. The fourth-order valence-electron chi connectivity index (χ4n) is 9.27. The molecule has 2 aliphatic heterocycles. The van der Waals surface area contributed by atoms with Crippen molar-refractivity contribution in [3.63, 3.8) is 0 Å². The summed E-state index contributed by atoms with van der Waals surface area (Å²) in [6.45, 7) is 7.10. The van der Waals surface area contributed by atoms with Gasteiger partial charge in [0.1, 0.15) is 0 Å². The molecule has 7 heterocycles. The van der Waals surface area contributed by atoms with E-state index in [9.17, 15) is 9.59 Å². The van der Waals surface area contributed by atoms with Gasteiger partial charge in [-0.25, -0.2) is 19.0 Å². The van der Waals surface area contributed by atoms with E-state index in [-0.39, 0.29) is 23.8 Å². The summed E-state index contributed by atoms with van der Waals surface area (Å²) in [5.41, 5.74) is 12.4. The molecule has 2 saturated carbocycles. The number of carbonyl (C=O) groups excluding carboxylic acids is 2. The second-order valence-corrected chi connectivity index (χ2v) is 19.1. The highest BCUT2D eigenvalue weighted by Gasteiger charge is 2.27. The summed E-state index contributed by atoms with van der Waals surface area (Å²) in [5, 5.41) is 16.9. The summed E-state index contributed by atoms with van der Waals surface area (Å²) in [4.78, 5) is 38.8. The van der Waals surface area contributed by atoms with E-state index in [4.69, 9.17) is 31.2 Å². The van der Waals surface area contributed by atoms with Gasteiger partial charge in [-0.2, -0.15) is 10.2 Å². The smallest absolute Gasteiger partial charge is 0.177 e. The molecule has 2 saturated heterocycles. The number of pyridine rings is 1. The topological polar surface area (TPSA) is 150 Å². The quantitative estimate of drug-likeness (QED) is 0.0946. The molecule has 2 aromatic carbocycles.